The number of aryl methyl sites for hydroxylation is 1. The molecule has 0 aliphatic rings. The molecule has 0 spiro atoms. The second-order valence-corrected chi connectivity index (χ2v) is 3.36. The average Bonchev–Trinajstić information content (AvgIpc) is 2.75. The van der Waals surface area contributed by atoms with Crippen molar-refractivity contribution in [3.8, 4) is 11.4 Å². The maximum atomic E-state index is 5.48. The second-order valence-electron chi connectivity index (χ2n) is 3.36. The molecule has 0 unspecified atom stereocenters. The molecule has 15 heavy (non-hydrogen) atoms. The van der Waals surface area contributed by atoms with Gasteiger partial charge in [0.15, 0.2) is 5.82 Å². The van der Waals surface area contributed by atoms with Crippen molar-refractivity contribution in [2.75, 3.05) is 6.54 Å². The largest absolute Gasteiger partial charge is 0.330 e. The summed E-state index contributed by atoms with van der Waals surface area (Å²) in [5.41, 5.74) is 6.57. The Morgan fingerprint density at radius 3 is 2.73 bits per heavy atom. The summed E-state index contributed by atoms with van der Waals surface area (Å²) < 4.78 is 2.03. The number of hydrogen-bond acceptors (Lipinski definition) is 3. The molecule has 4 nitrogen and oxygen atoms in total. The lowest BCUT2D eigenvalue weighted by molar-refractivity contribution is 0.654. The van der Waals surface area contributed by atoms with Gasteiger partial charge in [-0.3, -0.25) is 0 Å². The van der Waals surface area contributed by atoms with E-state index in [1.54, 1.807) is 6.33 Å². The summed E-state index contributed by atoms with van der Waals surface area (Å²) in [6, 6.07) is 10.0. The van der Waals surface area contributed by atoms with Crippen molar-refractivity contribution in [1.82, 2.24) is 14.8 Å². The molecule has 1 aromatic carbocycles. The Kier molecular flexibility index (Phi) is 3.09. The van der Waals surface area contributed by atoms with E-state index in [-0.39, 0.29) is 0 Å². The molecule has 0 aliphatic heterocycles. The molecule has 2 N–H and O–H groups in total. The highest BCUT2D eigenvalue weighted by atomic mass is 15.3. The minimum absolute atomic E-state index is 0.687. The van der Waals surface area contributed by atoms with Crippen molar-refractivity contribution in [2.24, 2.45) is 5.73 Å². The Labute approximate surface area is 88.8 Å². The average molecular weight is 202 g/mol. The minimum Gasteiger partial charge on any atom is -0.330 e. The van der Waals surface area contributed by atoms with Gasteiger partial charge in [0.2, 0.25) is 0 Å². The van der Waals surface area contributed by atoms with Gasteiger partial charge in [-0.25, -0.2) is 0 Å². The van der Waals surface area contributed by atoms with Crippen molar-refractivity contribution in [1.29, 1.82) is 0 Å². The van der Waals surface area contributed by atoms with Crippen LogP contribution in [0.4, 0.5) is 0 Å². The Morgan fingerprint density at radius 2 is 2.00 bits per heavy atom. The third kappa shape index (κ3) is 2.22. The van der Waals surface area contributed by atoms with Crippen LogP contribution in [0.3, 0.4) is 0 Å². The van der Waals surface area contributed by atoms with E-state index in [2.05, 4.69) is 10.2 Å². The fraction of sp³-hybridized carbons (Fsp3) is 0.273. The molecule has 2 rings (SSSR count). The van der Waals surface area contributed by atoms with E-state index < -0.39 is 0 Å². The van der Waals surface area contributed by atoms with Crippen molar-refractivity contribution < 1.29 is 0 Å². The van der Waals surface area contributed by atoms with Crippen LogP contribution in [0, 0.1) is 0 Å². The SMILES string of the molecule is NCCCn1cnnc1-c1ccccc1. The molecular formula is C11H14N4. The number of rotatable bonds is 4. The lowest BCUT2D eigenvalue weighted by Crippen LogP contribution is -2.06. The van der Waals surface area contributed by atoms with Crippen LogP contribution in [-0.2, 0) is 6.54 Å². The van der Waals surface area contributed by atoms with Gasteiger partial charge in [0.05, 0.1) is 0 Å². The van der Waals surface area contributed by atoms with E-state index in [0.717, 1.165) is 24.4 Å². The molecule has 78 valence electrons. The molecule has 0 fully saturated rings. The molecule has 2 aromatic rings. The van der Waals surface area contributed by atoms with E-state index in [0.29, 0.717) is 6.54 Å². The first-order valence-electron chi connectivity index (χ1n) is 5.05. The number of aromatic nitrogens is 3. The third-order valence-electron chi connectivity index (χ3n) is 2.25. The first-order chi connectivity index (χ1) is 7.42. The summed E-state index contributed by atoms with van der Waals surface area (Å²) in [6.07, 6.45) is 2.69. The quantitative estimate of drug-likeness (QED) is 0.812. The fourth-order valence-corrected chi connectivity index (χ4v) is 1.49. The number of hydrogen-bond donors (Lipinski definition) is 1. The zero-order chi connectivity index (χ0) is 10.5. The van der Waals surface area contributed by atoms with Crippen LogP contribution in [0.5, 0.6) is 0 Å². The van der Waals surface area contributed by atoms with Crippen LogP contribution in [-0.4, -0.2) is 21.3 Å². The predicted molar refractivity (Wildman–Crippen MR) is 59.1 cm³/mol. The molecule has 1 aromatic heterocycles. The summed E-state index contributed by atoms with van der Waals surface area (Å²) in [5, 5.41) is 8.04. The van der Waals surface area contributed by atoms with Crippen LogP contribution < -0.4 is 5.73 Å². The van der Waals surface area contributed by atoms with E-state index >= 15 is 0 Å². The zero-order valence-corrected chi connectivity index (χ0v) is 8.50. The molecule has 1 heterocycles. The van der Waals surface area contributed by atoms with Crippen molar-refractivity contribution in [3.05, 3.63) is 36.7 Å². The zero-order valence-electron chi connectivity index (χ0n) is 8.50. The van der Waals surface area contributed by atoms with E-state index in [1.165, 1.54) is 0 Å². The van der Waals surface area contributed by atoms with Crippen molar-refractivity contribution in [3.63, 3.8) is 0 Å². The van der Waals surface area contributed by atoms with Gasteiger partial charge in [-0.1, -0.05) is 30.3 Å². The molecule has 0 saturated heterocycles. The maximum absolute atomic E-state index is 5.48. The summed E-state index contributed by atoms with van der Waals surface area (Å²) in [7, 11) is 0. The fourth-order valence-electron chi connectivity index (χ4n) is 1.49. The lowest BCUT2D eigenvalue weighted by Gasteiger charge is -2.04. The van der Waals surface area contributed by atoms with Crippen LogP contribution in [0.2, 0.25) is 0 Å². The Hall–Kier alpha value is -1.68. The standard InChI is InChI=1S/C11H14N4/c12-7-4-8-15-9-13-14-11(15)10-5-2-1-3-6-10/h1-3,5-6,9H,4,7-8,12H2. The van der Waals surface area contributed by atoms with Gasteiger partial charge >= 0.3 is 0 Å². The molecule has 0 bridgehead atoms. The Morgan fingerprint density at radius 1 is 1.20 bits per heavy atom. The summed E-state index contributed by atoms with van der Waals surface area (Å²) >= 11 is 0. The van der Waals surface area contributed by atoms with E-state index in [4.69, 9.17) is 5.73 Å². The normalized spacial score (nSPS) is 10.5. The highest BCUT2D eigenvalue weighted by molar-refractivity contribution is 5.54. The molecule has 4 heteroatoms. The maximum Gasteiger partial charge on any atom is 0.163 e. The number of nitrogens with zero attached hydrogens (tertiary/aromatic N) is 3. The van der Waals surface area contributed by atoms with Gasteiger partial charge in [-0.2, -0.15) is 0 Å². The second kappa shape index (κ2) is 4.70. The summed E-state index contributed by atoms with van der Waals surface area (Å²) in [6.45, 7) is 1.56. The molecule has 0 radical (unpaired) electrons. The lowest BCUT2D eigenvalue weighted by atomic mass is 10.2. The highest BCUT2D eigenvalue weighted by Crippen LogP contribution is 2.15. The van der Waals surface area contributed by atoms with Crippen LogP contribution in [0.25, 0.3) is 11.4 Å². The van der Waals surface area contributed by atoms with Gasteiger partial charge in [-0.05, 0) is 13.0 Å². The summed E-state index contributed by atoms with van der Waals surface area (Å²) in [4.78, 5) is 0. The van der Waals surface area contributed by atoms with Gasteiger partial charge in [0, 0.05) is 12.1 Å². The smallest absolute Gasteiger partial charge is 0.163 e. The van der Waals surface area contributed by atoms with Crippen LogP contribution in [0.1, 0.15) is 6.42 Å². The highest BCUT2D eigenvalue weighted by Gasteiger charge is 2.05. The summed E-state index contributed by atoms with van der Waals surface area (Å²) in [5.74, 6) is 0.907. The van der Waals surface area contributed by atoms with Gasteiger partial charge in [0.1, 0.15) is 6.33 Å². The van der Waals surface area contributed by atoms with Crippen molar-refractivity contribution >= 4 is 0 Å². The van der Waals surface area contributed by atoms with Gasteiger partial charge < -0.3 is 10.3 Å². The van der Waals surface area contributed by atoms with Crippen LogP contribution in [0.15, 0.2) is 36.7 Å². The molecule has 0 aliphatic carbocycles. The first kappa shape index (κ1) is 9.86. The monoisotopic (exact) mass is 202 g/mol. The topological polar surface area (TPSA) is 56.7 Å². The Bertz CT molecular complexity index is 408. The van der Waals surface area contributed by atoms with E-state index in [9.17, 15) is 0 Å². The molecule has 0 amide bonds. The van der Waals surface area contributed by atoms with Crippen LogP contribution >= 0.6 is 0 Å². The predicted octanol–water partition coefficient (Wildman–Crippen LogP) is 1.29. The van der Waals surface area contributed by atoms with Gasteiger partial charge in [-0.15, -0.1) is 10.2 Å². The Balaban J connectivity index is 2.25. The minimum atomic E-state index is 0.687. The molecule has 0 atom stereocenters. The van der Waals surface area contributed by atoms with E-state index in [1.807, 2.05) is 34.9 Å². The third-order valence-corrected chi connectivity index (χ3v) is 2.25. The number of benzene rings is 1. The van der Waals surface area contributed by atoms with Crippen molar-refractivity contribution in [2.45, 2.75) is 13.0 Å². The molecule has 0 saturated carbocycles. The first-order valence-corrected chi connectivity index (χ1v) is 5.05. The van der Waals surface area contributed by atoms with Gasteiger partial charge in [0.25, 0.3) is 0 Å². The molecular weight excluding hydrogens is 188 g/mol. The number of nitrogens with two attached hydrogens (primary N) is 1.